The lowest BCUT2D eigenvalue weighted by atomic mass is 10.1. The van der Waals surface area contributed by atoms with Crippen LogP contribution in [0.25, 0.3) is 0 Å². The fourth-order valence-corrected chi connectivity index (χ4v) is 2.66. The second kappa shape index (κ2) is 6.96. The molecule has 1 aromatic carbocycles. The summed E-state index contributed by atoms with van der Waals surface area (Å²) >= 11 is 4.28. The lowest BCUT2D eigenvalue weighted by Crippen LogP contribution is -2.29. The number of benzene rings is 1. The van der Waals surface area contributed by atoms with Crippen molar-refractivity contribution in [2.45, 2.75) is 31.1 Å². The molecule has 0 aliphatic carbocycles. The van der Waals surface area contributed by atoms with E-state index in [1.807, 2.05) is 25.1 Å². The Morgan fingerprint density at radius 3 is 2.84 bits per heavy atom. The molecular weight excluding hydrogens is 256 g/mol. The van der Waals surface area contributed by atoms with Gasteiger partial charge in [-0.15, -0.1) is 12.6 Å². The molecule has 1 heterocycles. The van der Waals surface area contributed by atoms with Gasteiger partial charge in [-0.1, -0.05) is 6.07 Å². The van der Waals surface area contributed by atoms with Crippen LogP contribution in [0.5, 0.6) is 0 Å². The second-order valence-corrected chi connectivity index (χ2v) is 5.67. The number of amides is 1. The number of nitrogens with zero attached hydrogens (tertiary/aromatic N) is 1. The van der Waals surface area contributed by atoms with Crippen LogP contribution < -0.4 is 5.32 Å². The number of likely N-dealkylation sites (tertiary alicyclic amines) is 1. The van der Waals surface area contributed by atoms with E-state index in [4.69, 9.17) is 0 Å². The predicted octanol–water partition coefficient (Wildman–Crippen LogP) is 2.50. The van der Waals surface area contributed by atoms with Gasteiger partial charge in [0.05, 0.1) is 0 Å². The average molecular weight is 278 g/mol. The first-order valence-electron chi connectivity index (χ1n) is 6.97. The third-order valence-electron chi connectivity index (χ3n) is 3.60. The zero-order valence-corrected chi connectivity index (χ0v) is 12.4. The van der Waals surface area contributed by atoms with Crippen molar-refractivity contribution >= 4 is 18.5 Å². The first kappa shape index (κ1) is 14.4. The number of carbonyl (C=O) groups excluding carboxylic acids is 1. The minimum absolute atomic E-state index is 0.00909. The van der Waals surface area contributed by atoms with E-state index in [0.717, 1.165) is 35.5 Å². The number of hydrogen-bond donors (Lipinski definition) is 2. The molecular formula is C15H22N2OS. The molecule has 2 rings (SSSR count). The van der Waals surface area contributed by atoms with Crippen LogP contribution in [0.4, 0.5) is 0 Å². The molecule has 19 heavy (non-hydrogen) atoms. The van der Waals surface area contributed by atoms with Gasteiger partial charge in [-0.05, 0) is 63.5 Å². The highest BCUT2D eigenvalue weighted by Gasteiger charge is 2.11. The molecule has 0 radical (unpaired) electrons. The highest BCUT2D eigenvalue weighted by atomic mass is 32.1. The number of rotatable bonds is 5. The summed E-state index contributed by atoms with van der Waals surface area (Å²) in [4.78, 5) is 15.3. The first-order chi connectivity index (χ1) is 9.16. The van der Waals surface area contributed by atoms with Gasteiger partial charge in [0.15, 0.2) is 0 Å². The summed E-state index contributed by atoms with van der Waals surface area (Å²) in [6.07, 6.45) is 3.66. The Kier molecular flexibility index (Phi) is 5.28. The molecule has 104 valence electrons. The molecule has 0 atom stereocenters. The fraction of sp³-hybridized carbons (Fsp3) is 0.533. The van der Waals surface area contributed by atoms with E-state index in [2.05, 4.69) is 22.8 Å². The van der Waals surface area contributed by atoms with Crippen LogP contribution in [0.15, 0.2) is 23.1 Å². The molecule has 0 spiro atoms. The van der Waals surface area contributed by atoms with Crippen LogP contribution in [0.3, 0.4) is 0 Å². The monoisotopic (exact) mass is 278 g/mol. The Labute approximate surface area is 120 Å². The van der Waals surface area contributed by atoms with Gasteiger partial charge in [0, 0.05) is 17.0 Å². The van der Waals surface area contributed by atoms with Crippen molar-refractivity contribution < 1.29 is 4.79 Å². The maximum absolute atomic E-state index is 12.1. The smallest absolute Gasteiger partial charge is 0.251 e. The van der Waals surface area contributed by atoms with E-state index in [1.165, 1.54) is 25.9 Å². The Hall–Kier alpha value is -1.00. The summed E-state index contributed by atoms with van der Waals surface area (Å²) in [5, 5.41) is 2.99. The second-order valence-electron chi connectivity index (χ2n) is 5.16. The molecule has 3 nitrogen and oxygen atoms in total. The summed E-state index contributed by atoms with van der Waals surface area (Å²) in [7, 11) is 0. The minimum atomic E-state index is 0.00909. The van der Waals surface area contributed by atoms with Crippen molar-refractivity contribution in [1.82, 2.24) is 10.2 Å². The van der Waals surface area contributed by atoms with Crippen molar-refractivity contribution in [3.05, 3.63) is 29.3 Å². The van der Waals surface area contributed by atoms with Crippen molar-refractivity contribution in [1.29, 1.82) is 0 Å². The van der Waals surface area contributed by atoms with Crippen molar-refractivity contribution in [2.24, 2.45) is 0 Å². The van der Waals surface area contributed by atoms with Gasteiger partial charge in [0.1, 0.15) is 0 Å². The lowest BCUT2D eigenvalue weighted by molar-refractivity contribution is 0.0951. The number of hydrogen-bond acceptors (Lipinski definition) is 3. The van der Waals surface area contributed by atoms with E-state index in [0.29, 0.717) is 0 Å². The largest absolute Gasteiger partial charge is 0.352 e. The SMILES string of the molecule is Cc1ccc(S)cc1C(=O)NCCCN1CCCC1. The number of nitrogens with one attached hydrogen (secondary N) is 1. The van der Waals surface area contributed by atoms with E-state index in [-0.39, 0.29) is 5.91 Å². The Bertz CT molecular complexity index is 442. The fourth-order valence-electron chi connectivity index (χ4n) is 2.46. The van der Waals surface area contributed by atoms with Gasteiger partial charge < -0.3 is 10.2 Å². The van der Waals surface area contributed by atoms with Gasteiger partial charge >= 0.3 is 0 Å². The van der Waals surface area contributed by atoms with Crippen molar-refractivity contribution in [3.63, 3.8) is 0 Å². The summed E-state index contributed by atoms with van der Waals surface area (Å²) in [5.74, 6) is 0.00909. The molecule has 1 saturated heterocycles. The van der Waals surface area contributed by atoms with Crippen LogP contribution in [-0.4, -0.2) is 37.0 Å². The highest BCUT2D eigenvalue weighted by molar-refractivity contribution is 7.80. The minimum Gasteiger partial charge on any atom is -0.352 e. The van der Waals surface area contributed by atoms with Crippen LogP contribution >= 0.6 is 12.6 Å². The lowest BCUT2D eigenvalue weighted by Gasteiger charge is -2.14. The standard InChI is InChI=1S/C15H22N2OS/c1-12-5-6-13(19)11-14(12)15(18)16-7-4-10-17-8-2-3-9-17/h5-6,11,19H,2-4,7-10H2,1H3,(H,16,18). The highest BCUT2D eigenvalue weighted by Crippen LogP contribution is 2.14. The molecule has 1 aromatic rings. The van der Waals surface area contributed by atoms with Gasteiger partial charge in [0.25, 0.3) is 5.91 Å². The number of aryl methyl sites for hydroxylation is 1. The normalized spacial score (nSPS) is 15.7. The summed E-state index contributed by atoms with van der Waals surface area (Å²) in [5.41, 5.74) is 1.73. The Morgan fingerprint density at radius 1 is 1.37 bits per heavy atom. The summed E-state index contributed by atoms with van der Waals surface area (Å²) < 4.78 is 0. The first-order valence-corrected chi connectivity index (χ1v) is 7.42. The number of thiol groups is 1. The number of carbonyl (C=O) groups is 1. The Morgan fingerprint density at radius 2 is 2.11 bits per heavy atom. The van der Waals surface area contributed by atoms with E-state index in [1.54, 1.807) is 0 Å². The van der Waals surface area contributed by atoms with Crippen LogP contribution in [0.1, 0.15) is 35.2 Å². The molecule has 1 aliphatic rings. The zero-order valence-electron chi connectivity index (χ0n) is 11.5. The topological polar surface area (TPSA) is 32.3 Å². The molecule has 1 amide bonds. The molecule has 4 heteroatoms. The molecule has 0 saturated carbocycles. The molecule has 0 bridgehead atoms. The molecule has 0 aromatic heterocycles. The quantitative estimate of drug-likeness (QED) is 0.641. The molecule has 1 fully saturated rings. The Balaban J connectivity index is 1.75. The molecule has 1 aliphatic heterocycles. The van der Waals surface area contributed by atoms with Crippen molar-refractivity contribution in [3.8, 4) is 0 Å². The summed E-state index contributed by atoms with van der Waals surface area (Å²) in [6, 6.07) is 5.67. The van der Waals surface area contributed by atoms with Gasteiger partial charge in [0.2, 0.25) is 0 Å². The maximum atomic E-state index is 12.1. The zero-order chi connectivity index (χ0) is 13.7. The molecule has 1 N–H and O–H groups in total. The predicted molar refractivity (Wildman–Crippen MR) is 81.1 cm³/mol. The summed E-state index contributed by atoms with van der Waals surface area (Å²) in [6.45, 7) is 6.22. The van der Waals surface area contributed by atoms with E-state index < -0.39 is 0 Å². The van der Waals surface area contributed by atoms with Gasteiger partial charge in [-0.2, -0.15) is 0 Å². The van der Waals surface area contributed by atoms with Crippen LogP contribution in [0, 0.1) is 6.92 Å². The maximum Gasteiger partial charge on any atom is 0.251 e. The van der Waals surface area contributed by atoms with E-state index in [9.17, 15) is 4.79 Å². The molecule has 0 unspecified atom stereocenters. The van der Waals surface area contributed by atoms with Gasteiger partial charge in [-0.25, -0.2) is 0 Å². The van der Waals surface area contributed by atoms with Crippen LogP contribution in [0.2, 0.25) is 0 Å². The van der Waals surface area contributed by atoms with E-state index >= 15 is 0 Å². The van der Waals surface area contributed by atoms with Gasteiger partial charge in [-0.3, -0.25) is 4.79 Å². The third kappa shape index (κ3) is 4.25. The third-order valence-corrected chi connectivity index (χ3v) is 3.88. The van der Waals surface area contributed by atoms with Crippen LogP contribution in [-0.2, 0) is 0 Å². The van der Waals surface area contributed by atoms with Crippen molar-refractivity contribution in [2.75, 3.05) is 26.2 Å². The average Bonchev–Trinajstić information content (AvgIpc) is 2.90.